The van der Waals surface area contributed by atoms with Crippen molar-refractivity contribution in [3.63, 3.8) is 0 Å². The predicted octanol–water partition coefficient (Wildman–Crippen LogP) is 7.17. The highest BCUT2D eigenvalue weighted by Crippen LogP contribution is 2.45. The van der Waals surface area contributed by atoms with Crippen LogP contribution in [0.4, 0.5) is 5.69 Å². The molecule has 2 atom stereocenters. The molecule has 0 aromatic heterocycles. The van der Waals surface area contributed by atoms with Gasteiger partial charge in [0.1, 0.15) is 0 Å². The normalized spacial score (nSPS) is 26.3. The van der Waals surface area contributed by atoms with Gasteiger partial charge in [0.2, 0.25) is 0 Å². The summed E-state index contributed by atoms with van der Waals surface area (Å²) < 4.78 is 0. The molecule has 1 heterocycles. The monoisotopic (exact) mass is 407 g/mol. The van der Waals surface area contributed by atoms with Crippen LogP contribution in [-0.4, -0.2) is 13.1 Å². The highest BCUT2D eigenvalue weighted by atomic mass is 35.5. The molecule has 0 N–H and O–H groups in total. The van der Waals surface area contributed by atoms with Gasteiger partial charge in [0.15, 0.2) is 0 Å². The van der Waals surface area contributed by atoms with Crippen LogP contribution in [0.5, 0.6) is 0 Å². The molecule has 154 valence electrons. The van der Waals surface area contributed by atoms with Gasteiger partial charge in [0.25, 0.3) is 0 Å². The Kier molecular flexibility index (Phi) is 5.37. The maximum atomic E-state index is 6.98. The van der Waals surface area contributed by atoms with E-state index >= 15 is 0 Å². The highest BCUT2D eigenvalue weighted by molar-refractivity contribution is 6.32. The van der Waals surface area contributed by atoms with Crippen LogP contribution in [0.2, 0.25) is 5.02 Å². The summed E-state index contributed by atoms with van der Waals surface area (Å²) in [5, 5.41) is 1.06. The van der Waals surface area contributed by atoms with Gasteiger partial charge in [0, 0.05) is 23.8 Å². The Morgan fingerprint density at radius 2 is 1.59 bits per heavy atom. The molecular formula is C27H34ClN. The quantitative estimate of drug-likeness (QED) is 0.519. The summed E-state index contributed by atoms with van der Waals surface area (Å²) in [6.07, 6.45) is 10.0. The third-order valence-corrected chi connectivity index (χ3v) is 8.08. The number of benzene rings is 2. The third-order valence-electron chi connectivity index (χ3n) is 7.61. The molecule has 1 saturated heterocycles. The first kappa shape index (κ1) is 19.5. The van der Waals surface area contributed by atoms with Gasteiger partial charge in [-0.2, -0.15) is 0 Å². The van der Waals surface area contributed by atoms with E-state index in [1.807, 2.05) is 0 Å². The fourth-order valence-electron chi connectivity index (χ4n) is 6.15. The van der Waals surface area contributed by atoms with Gasteiger partial charge >= 0.3 is 0 Å². The second kappa shape index (κ2) is 7.99. The second-order valence-electron chi connectivity index (χ2n) is 10.0. The van der Waals surface area contributed by atoms with Gasteiger partial charge in [-0.1, -0.05) is 43.6 Å². The van der Waals surface area contributed by atoms with Gasteiger partial charge in [-0.25, -0.2) is 0 Å². The van der Waals surface area contributed by atoms with Gasteiger partial charge in [-0.3, -0.25) is 0 Å². The van der Waals surface area contributed by atoms with Gasteiger partial charge < -0.3 is 4.90 Å². The lowest BCUT2D eigenvalue weighted by atomic mass is 9.72. The molecule has 2 aliphatic carbocycles. The summed E-state index contributed by atoms with van der Waals surface area (Å²) in [5.74, 6) is 2.41. The lowest BCUT2D eigenvalue weighted by molar-refractivity contribution is 0.267. The van der Waals surface area contributed by atoms with Crippen LogP contribution < -0.4 is 4.90 Å². The molecule has 2 aromatic rings. The van der Waals surface area contributed by atoms with E-state index in [0.717, 1.165) is 29.2 Å². The van der Waals surface area contributed by atoms with E-state index in [1.165, 1.54) is 80.4 Å². The first-order chi connectivity index (χ1) is 14.1. The molecule has 2 aromatic carbocycles. The van der Waals surface area contributed by atoms with E-state index < -0.39 is 0 Å². The van der Waals surface area contributed by atoms with Crippen molar-refractivity contribution in [2.75, 3.05) is 18.0 Å². The van der Waals surface area contributed by atoms with E-state index in [2.05, 4.69) is 49.1 Å². The van der Waals surface area contributed by atoms with Crippen LogP contribution >= 0.6 is 11.6 Å². The van der Waals surface area contributed by atoms with Gasteiger partial charge in [-0.15, -0.1) is 0 Å². The molecule has 5 rings (SSSR count). The van der Waals surface area contributed by atoms with Crippen LogP contribution in [0.1, 0.15) is 79.7 Å². The average Bonchev–Trinajstić information content (AvgIpc) is 3.13. The Hall–Kier alpha value is -1.47. The minimum absolute atomic E-state index is 0.727. The Labute approximate surface area is 181 Å². The number of anilines is 1. The van der Waals surface area contributed by atoms with Crippen LogP contribution in [0.3, 0.4) is 0 Å². The molecule has 1 saturated carbocycles. The summed E-state index contributed by atoms with van der Waals surface area (Å²) in [6.45, 7) is 7.30. The topological polar surface area (TPSA) is 3.24 Å². The van der Waals surface area contributed by atoms with Crippen LogP contribution in [0, 0.1) is 11.8 Å². The number of hydrogen-bond acceptors (Lipinski definition) is 1. The minimum atomic E-state index is 0.727. The van der Waals surface area contributed by atoms with Crippen molar-refractivity contribution in [3.8, 4) is 0 Å². The lowest BCUT2D eigenvalue weighted by Gasteiger charge is -2.33. The molecule has 0 amide bonds. The minimum Gasteiger partial charge on any atom is -0.371 e. The number of fused-ring (bicyclic) bond motifs is 1. The molecule has 0 spiro atoms. The maximum Gasteiger partial charge on any atom is 0.0476 e. The molecule has 2 heteroatoms. The zero-order valence-electron chi connectivity index (χ0n) is 18.0. The smallest absolute Gasteiger partial charge is 0.0476 e. The number of hydrogen-bond donors (Lipinski definition) is 0. The van der Waals surface area contributed by atoms with Crippen molar-refractivity contribution >= 4 is 17.3 Å². The first-order valence-corrected chi connectivity index (χ1v) is 12.1. The van der Waals surface area contributed by atoms with Crippen LogP contribution in [0.15, 0.2) is 30.3 Å². The van der Waals surface area contributed by atoms with Crippen LogP contribution in [0.25, 0.3) is 0 Å². The number of halogens is 1. The van der Waals surface area contributed by atoms with E-state index in [0.29, 0.717) is 0 Å². The highest BCUT2D eigenvalue weighted by Gasteiger charge is 2.30. The molecule has 2 fully saturated rings. The van der Waals surface area contributed by atoms with Gasteiger partial charge in [0.05, 0.1) is 0 Å². The van der Waals surface area contributed by atoms with E-state index in [-0.39, 0.29) is 0 Å². The Balaban J connectivity index is 1.45. The van der Waals surface area contributed by atoms with Crippen molar-refractivity contribution in [1.82, 2.24) is 0 Å². The molecule has 2 unspecified atom stereocenters. The zero-order valence-corrected chi connectivity index (χ0v) is 18.8. The molecular weight excluding hydrogens is 374 g/mol. The molecule has 1 aliphatic heterocycles. The summed E-state index contributed by atoms with van der Waals surface area (Å²) in [7, 11) is 0. The van der Waals surface area contributed by atoms with E-state index in [1.54, 1.807) is 11.1 Å². The van der Waals surface area contributed by atoms with E-state index in [4.69, 9.17) is 11.6 Å². The summed E-state index contributed by atoms with van der Waals surface area (Å²) in [4.78, 5) is 2.45. The summed E-state index contributed by atoms with van der Waals surface area (Å²) >= 11 is 6.98. The Morgan fingerprint density at radius 1 is 0.897 bits per heavy atom. The molecule has 0 radical (unpaired) electrons. The fraction of sp³-hybridized carbons (Fsp3) is 0.556. The van der Waals surface area contributed by atoms with Crippen molar-refractivity contribution in [1.29, 1.82) is 0 Å². The molecule has 29 heavy (non-hydrogen) atoms. The first-order valence-electron chi connectivity index (χ1n) is 11.8. The van der Waals surface area contributed by atoms with Crippen LogP contribution in [-0.2, 0) is 19.3 Å². The molecule has 3 aliphatic rings. The molecule has 1 nitrogen and oxygen atoms in total. The van der Waals surface area contributed by atoms with Crippen molar-refractivity contribution in [2.24, 2.45) is 11.8 Å². The largest absolute Gasteiger partial charge is 0.371 e. The van der Waals surface area contributed by atoms with Crippen molar-refractivity contribution in [2.45, 2.75) is 71.1 Å². The summed E-state index contributed by atoms with van der Waals surface area (Å²) in [5.41, 5.74) is 8.83. The number of rotatable bonds is 4. The number of nitrogens with zero attached hydrogens (tertiary/aromatic N) is 1. The average molecular weight is 408 g/mol. The second-order valence-corrected chi connectivity index (χ2v) is 10.4. The van der Waals surface area contributed by atoms with Crippen molar-refractivity contribution < 1.29 is 0 Å². The van der Waals surface area contributed by atoms with Gasteiger partial charge in [-0.05, 0) is 109 Å². The van der Waals surface area contributed by atoms with E-state index in [9.17, 15) is 0 Å². The zero-order chi connectivity index (χ0) is 20.0. The predicted molar refractivity (Wildman–Crippen MR) is 124 cm³/mol. The Bertz CT molecular complexity index is 870. The summed E-state index contributed by atoms with van der Waals surface area (Å²) in [6, 6.07) is 11.7. The molecule has 0 bridgehead atoms. The Morgan fingerprint density at radius 3 is 2.24 bits per heavy atom. The maximum absolute atomic E-state index is 6.98. The fourth-order valence-corrected chi connectivity index (χ4v) is 6.48. The standard InChI is InChI=1S/C27H34ClN/c1-18-13-19(2)15-21(14-18)26-17-22(27(28)25-6-3-5-24(25)26)16-20-7-9-23(10-8-20)29-11-4-12-29/h7-10,17-19,21H,3-6,11-16H2,1-2H3. The third kappa shape index (κ3) is 3.83. The SMILES string of the molecule is CC1CC(C)CC(c2cc(Cc3ccc(N4CCC4)cc3)c(Cl)c3c2CCC3)C1. The lowest BCUT2D eigenvalue weighted by Crippen LogP contribution is -2.36. The van der Waals surface area contributed by atoms with Crippen molar-refractivity contribution in [3.05, 3.63) is 63.2 Å².